The molecule has 0 atom stereocenters. The summed E-state index contributed by atoms with van der Waals surface area (Å²) in [4.78, 5) is 2.80. The van der Waals surface area contributed by atoms with Crippen LogP contribution in [-0.4, -0.2) is 0 Å². The van der Waals surface area contributed by atoms with Gasteiger partial charge in [-0.3, -0.25) is 0 Å². The fourth-order valence-electron chi connectivity index (χ4n) is 9.19. The van der Waals surface area contributed by atoms with Gasteiger partial charge in [0.05, 0.1) is 0 Å². The van der Waals surface area contributed by atoms with Crippen LogP contribution in [0.2, 0.25) is 0 Å². The first-order valence-electron chi connectivity index (χ1n) is 18.9. The third-order valence-electron chi connectivity index (χ3n) is 11.6. The first-order valence-corrected chi connectivity index (χ1v) is 20.5. The zero-order chi connectivity index (χ0) is 36.5. The Kier molecular flexibility index (Phi) is 8.02. The van der Waals surface area contributed by atoms with E-state index in [1.54, 1.807) is 0 Å². The summed E-state index contributed by atoms with van der Waals surface area (Å²) < 4.78 is 2.74. The second-order valence-corrected chi connectivity index (χ2v) is 17.2. The molecule has 2 aromatic rings. The Balaban J connectivity index is 1.18. The fraction of sp³-hybridized carbons (Fsp3) is 0.115. The van der Waals surface area contributed by atoms with Gasteiger partial charge in [-0.2, -0.15) is 0 Å². The predicted octanol–water partition coefficient (Wildman–Crippen LogP) is 15.0. The summed E-state index contributed by atoms with van der Waals surface area (Å²) >= 11 is 3.96. The zero-order valence-corrected chi connectivity index (χ0v) is 32.6. The van der Waals surface area contributed by atoms with Crippen LogP contribution in [0.3, 0.4) is 0 Å². The quantitative estimate of drug-likeness (QED) is 0.160. The highest BCUT2D eigenvalue weighted by Gasteiger charge is 2.32. The van der Waals surface area contributed by atoms with Gasteiger partial charge in [0.15, 0.2) is 0 Å². The van der Waals surface area contributed by atoms with Gasteiger partial charge >= 0.3 is 0 Å². The topological polar surface area (TPSA) is 0 Å². The molecule has 0 nitrogen and oxygen atoms in total. The van der Waals surface area contributed by atoms with Gasteiger partial charge in [0.2, 0.25) is 0 Å². The molecule has 2 aromatic heterocycles. The first kappa shape index (κ1) is 33.1. The molecule has 260 valence electrons. The van der Waals surface area contributed by atoms with Crippen LogP contribution in [0.4, 0.5) is 0 Å². The van der Waals surface area contributed by atoms with Gasteiger partial charge in [-0.1, -0.05) is 146 Å². The summed E-state index contributed by atoms with van der Waals surface area (Å²) in [6.07, 6.45) is 0. The lowest BCUT2D eigenvalue weighted by molar-refractivity contribution is 1.02. The van der Waals surface area contributed by atoms with Crippen molar-refractivity contribution >= 4 is 32.1 Å². The highest BCUT2D eigenvalue weighted by Crippen LogP contribution is 2.53. The molecule has 0 radical (unpaired) electrons. The number of aryl methyl sites for hydroxylation is 4. The van der Waals surface area contributed by atoms with Crippen molar-refractivity contribution in [3.05, 3.63) is 212 Å². The highest BCUT2D eigenvalue weighted by molar-refractivity contribution is 7.28. The molecular weight excluding hydrogens is 689 g/mol. The molecule has 2 heterocycles. The molecule has 0 N–H and O–H groups in total. The van der Waals surface area contributed by atoms with Crippen LogP contribution in [0.1, 0.15) is 66.1 Å². The van der Waals surface area contributed by atoms with E-state index in [1.165, 1.54) is 108 Å². The third kappa shape index (κ3) is 5.31. The third-order valence-corrected chi connectivity index (χ3v) is 14.1. The Labute approximate surface area is 326 Å². The minimum absolute atomic E-state index is 0.120. The van der Waals surface area contributed by atoms with Crippen LogP contribution in [0.15, 0.2) is 158 Å². The van der Waals surface area contributed by atoms with Crippen LogP contribution in [0.25, 0.3) is 53.9 Å². The van der Waals surface area contributed by atoms with Crippen LogP contribution in [-0.2, 0) is 0 Å². The van der Waals surface area contributed by atoms with E-state index in [2.05, 4.69) is 185 Å². The molecule has 8 aliphatic rings. The van der Waals surface area contributed by atoms with Crippen LogP contribution in [0.5, 0.6) is 0 Å². The Hall–Kier alpha value is -5.54. The van der Waals surface area contributed by atoms with E-state index < -0.39 is 0 Å². The summed E-state index contributed by atoms with van der Waals surface area (Å²) in [6.45, 7) is 9.06. The molecule has 0 spiro atoms. The maximum Gasteiger partial charge on any atom is 0.0457 e. The Bertz CT molecular complexity index is 2460. The van der Waals surface area contributed by atoms with E-state index in [0.29, 0.717) is 0 Å². The maximum atomic E-state index is 2.52. The lowest BCUT2D eigenvalue weighted by Gasteiger charge is -2.19. The van der Waals surface area contributed by atoms with Gasteiger partial charge in [0.25, 0.3) is 0 Å². The molecule has 10 rings (SSSR count). The lowest BCUT2D eigenvalue weighted by Crippen LogP contribution is -2.02. The second kappa shape index (κ2) is 13.1. The molecule has 0 saturated carbocycles. The number of hydrogen-bond acceptors (Lipinski definition) is 2. The molecule has 0 unspecified atom stereocenters. The predicted molar refractivity (Wildman–Crippen MR) is 233 cm³/mol. The smallest absolute Gasteiger partial charge is 0.0457 e. The van der Waals surface area contributed by atoms with Gasteiger partial charge in [0.1, 0.15) is 0 Å². The Morgan fingerprint density at radius 2 is 0.537 bits per heavy atom. The Morgan fingerprint density at radius 3 is 0.796 bits per heavy atom. The maximum absolute atomic E-state index is 2.52. The van der Waals surface area contributed by atoms with E-state index in [-0.39, 0.29) is 11.8 Å². The molecule has 0 amide bonds. The van der Waals surface area contributed by atoms with E-state index in [4.69, 9.17) is 0 Å². The molecule has 54 heavy (non-hydrogen) atoms. The molecule has 2 heteroatoms. The van der Waals surface area contributed by atoms with Crippen LogP contribution < -0.4 is 0 Å². The normalized spacial score (nSPS) is 12.0. The van der Waals surface area contributed by atoms with Crippen molar-refractivity contribution in [3.63, 3.8) is 0 Å². The number of hydrogen-bond donors (Lipinski definition) is 0. The zero-order valence-electron chi connectivity index (χ0n) is 31.0. The second-order valence-electron chi connectivity index (χ2n) is 15.0. The van der Waals surface area contributed by atoms with Gasteiger partial charge in [-0.15, -0.1) is 22.7 Å². The van der Waals surface area contributed by atoms with Crippen LogP contribution >= 0.6 is 22.7 Å². The van der Waals surface area contributed by atoms with Crippen molar-refractivity contribution in [3.8, 4) is 44.5 Å². The number of fused-ring (bicyclic) bond motifs is 5. The summed E-state index contributed by atoms with van der Waals surface area (Å²) in [7, 11) is 0. The minimum atomic E-state index is 0.120. The standard InChI is InChI=1S/C52H40S2/c1-31-25-43(39-21-13-5-9-17-35(31)39)51(44-26-32(2)36-18-10-6-14-22-40(36)44)49-29-47-48(53-49)30-50(54-47)52(45-27-33(3)37-19-11-7-15-23-41(37)45)46-28-34(4)38-20-12-8-16-24-42(38)46/h5-30,51-52H,1-4H3. The summed E-state index contributed by atoms with van der Waals surface area (Å²) in [5, 5.41) is 0. The fourth-order valence-corrected chi connectivity index (χ4v) is 11.9. The van der Waals surface area contributed by atoms with Crippen molar-refractivity contribution in [2.45, 2.75) is 39.5 Å². The van der Waals surface area contributed by atoms with Crippen molar-refractivity contribution < 1.29 is 0 Å². The lowest BCUT2D eigenvalue weighted by atomic mass is 9.87. The van der Waals surface area contributed by atoms with E-state index in [9.17, 15) is 0 Å². The van der Waals surface area contributed by atoms with Crippen molar-refractivity contribution in [1.82, 2.24) is 0 Å². The summed E-state index contributed by atoms with van der Waals surface area (Å²) in [5.74, 6) is 0.240. The van der Waals surface area contributed by atoms with E-state index in [1.807, 2.05) is 22.7 Å². The molecule has 0 saturated heterocycles. The molecular formula is C52H40S2. The van der Waals surface area contributed by atoms with Crippen LogP contribution in [0, 0.1) is 27.7 Å². The molecule has 0 aromatic carbocycles. The molecule has 0 aliphatic heterocycles. The average Bonchev–Trinajstić information content (AvgIpc) is 3.79. The van der Waals surface area contributed by atoms with Gasteiger partial charge < -0.3 is 0 Å². The summed E-state index contributed by atoms with van der Waals surface area (Å²) in [6, 6.07) is 59.3. The molecule has 0 fully saturated rings. The van der Waals surface area contributed by atoms with Crippen molar-refractivity contribution in [2.24, 2.45) is 0 Å². The average molecular weight is 729 g/mol. The first-order chi connectivity index (χ1) is 26.4. The molecule has 8 aliphatic carbocycles. The molecule has 0 bridgehead atoms. The van der Waals surface area contributed by atoms with Crippen molar-refractivity contribution in [1.29, 1.82) is 0 Å². The SMILES string of the molecule is Cc1cc(C(c2cc3sc(C(c4cc(C)c5cccccc4-5)c4cc(C)c5cccccc4-5)cc3s2)c2cc(C)c3cccccc2-3)c2cccccc1-2. The van der Waals surface area contributed by atoms with Crippen molar-refractivity contribution in [2.75, 3.05) is 0 Å². The largest absolute Gasteiger partial charge is 0.138 e. The van der Waals surface area contributed by atoms with E-state index >= 15 is 0 Å². The van der Waals surface area contributed by atoms with E-state index in [0.717, 1.165) is 0 Å². The van der Waals surface area contributed by atoms with Gasteiger partial charge in [0, 0.05) is 31.0 Å². The summed E-state index contributed by atoms with van der Waals surface area (Å²) in [5.41, 5.74) is 21.6. The number of rotatable bonds is 6. The monoisotopic (exact) mass is 728 g/mol. The minimum Gasteiger partial charge on any atom is -0.138 e. The van der Waals surface area contributed by atoms with Gasteiger partial charge in [-0.05, 0) is 129 Å². The Morgan fingerprint density at radius 1 is 0.296 bits per heavy atom. The number of thiophene rings is 2. The van der Waals surface area contributed by atoms with Gasteiger partial charge in [-0.25, -0.2) is 0 Å². The highest BCUT2D eigenvalue weighted by atomic mass is 32.1.